The average Bonchev–Trinajstić information content (AvgIpc) is 2.99. The molecule has 1 fully saturated rings. The van der Waals surface area contributed by atoms with E-state index < -0.39 is 0 Å². The number of likely N-dealkylation sites (N-methyl/N-ethyl adjacent to an activating group) is 1. The van der Waals surface area contributed by atoms with Gasteiger partial charge in [-0.1, -0.05) is 12.1 Å². The highest BCUT2D eigenvalue weighted by Crippen LogP contribution is 2.26. The largest absolute Gasteiger partial charge is 0.344 e. The van der Waals surface area contributed by atoms with Crippen LogP contribution < -0.4 is 5.43 Å². The molecule has 0 radical (unpaired) electrons. The monoisotopic (exact) mass is 383 g/mol. The third kappa shape index (κ3) is 3.96. The molecule has 2 amide bonds. The molecule has 2 heterocycles. The van der Waals surface area contributed by atoms with E-state index in [0.717, 1.165) is 11.2 Å². The van der Waals surface area contributed by atoms with Gasteiger partial charge in [0, 0.05) is 55.2 Å². The highest BCUT2D eigenvalue weighted by Gasteiger charge is 2.36. The standard InChI is InChI=1S/C22H29N3O3/c1-15-10-19(26)17-8-6-7-9-18(17)24(15)14-21(28)23(5)12-16-11-20(27)25(13-16)22(2,3)4/h6-10,16H,11-14H2,1-5H3. The molecule has 0 aliphatic carbocycles. The van der Waals surface area contributed by atoms with Crippen LogP contribution in [0.15, 0.2) is 35.1 Å². The van der Waals surface area contributed by atoms with Gasteiger partial charge in [0.15, 0.2) is 5.43 Å². The number of aryl methyl sites for hydroxylation is 1. The zero-order valence-electron chi connectivity index (χ0n) is 17.4. The minimum Gasteiger partial charge on any atom is -0.344 e. The molecule has 1 atom stereocenters. The van der Waals surface area contributed by atoms with Gasteiger partial charge in [0.2, 0.25) is 11.8 Å². The highest BCUT2D eigenvalue weighted by atomic mass is 16.2. The number of fused-ring (bicyclic) bond motifs is 1. The molecule has 1 aliphatic heterocycles. The highest BCUT2D eigenvalue weighted by molar-refractivity contribution is 5.83. The molecule has 0 spiro atoms. The fourth-order valence-corrected chi connectivity index (χ4v) is 3.96. The first kappa shape index (κ1) is 20.1. The number of carbonyl (C=O) groups is 2. The third-order valence-corrected chi connectivity index (χ3v) is 5.49. The lowest BCUT2D eigenvalue weighted by Crippen LogP contribution is -2.43. The Balaban J connectivity index is 1.73. The van der Waals surface area contributed by atoms with Crippen molar-refractivity contribution in [2.45, 2.75) is 46.2 Å². The van der Waals surface area contributed by atoms with Crippen LogP contribution in [0.3, 0.4) is 0 Å². The van der Waals surface area contributed by atoms with E-state index in [4.69, 9.17) is 0 Å². The van der Waals surface area contributed by atoms with Crippen molar-refractivity contribution in [1.29, 1.82) is 0 Å². The van der Waals surface area contributed by atoms with Crippen molar-refractivity contribution < 1.29 is 9.59 Å². The zero-order valence-corrected chi connectivity index (χ0v) is 17.4. The Kier molecular flexibility index (Phi) is 5.33. The Morgan fingerprint density at radius 2 is 1.89 bits per heavy atom. The van der Waals surface area contributed by atoms with E-state index in [1.807, 2.05) is 55.4 Å². The first-order valence-corrected chi connectivity index (χ1v) is 9.71. The van der Waals surface area contributed by atoms with Crippen molar-refractivity contribution in [3.8, 4) is 0 Å². The van der Waals surface area contributed by atoms with Crippen LogP contribution in [-0.2, 0) is 16.1 Å². The number of rotatable bonds is 4. The zero-order chi connectivity index (χ0) is 20.6. The lowest BCUT2D eigenvalue weighted by atomic mass is 10.1. The van der Waals surface area contributed by atoms with E-state index in [1.54, 1.807) is 24.1 Å². The second kappa shape index (κ2) is 7.41. The van der Waals surface area contributed by atoms with Crippen molar-refractivity contribution in [2.75, 3.05) is 20.1 Å². The van der Waals surface area contributed by atoms with Crippen LogP contribution >= 0.6 is 0 Å². The van der Waals surface area contributed by atoms with Gasteiger partial charge in [-0.15, -0.1) is 0 Å². The van der Waals surface area contributed by atoms with Crippen LogP contribution in [0.4, 0.5) is 0 Å². The maximum absolute atomic E-state index is 12.9. The molecule has 1 saturated heterocycles. The van der Waals surface area contributed by atoms with Gasteiger partial charge in [-0.05, 0) is 39.8 Å². The van der Waals surface area contributed by atoms with E-state index >= 15 is 0 Å². The molecule has 28 heavy (non-hydrogen) atoms. The Morgan fingerprint density at radius 1 is 1.21 bits per heavy atom. The molecular formula is C22H29N3O3. The molecule has 0 bridgehead atoms. The molecule has 0 saturated carbocycles. The van der Waals surface area contributed by atoms with Gasteiger partial charge >= 0.3 is 0 Å². The summed E-state index contributed by atoms with van der Waals surface area (Å²) in [7, 11) is 1.78. The van der Waals surface area contributed by atoms with Crippen molar-refractivity contribution in [3.05, 3.63) is 46.2 Å². The van der Waals surface area contributed by atoms with Crippen LogP contribution in [0.2, 0.25) is 0 Å². The summed E-state index contributed by atoms with van der Waals surface area (Å²) in [4.78, 5) is 41.0. The van der Waals surface area contributed by atoms with Gasteiger partial charge in [0.05, 0.1) is 5.52 Å². The van der Waals surface area contributed by atoms with E-state index in [1.165, 1.54) is 0 Å². The van der Waals surface area contributed by atoms with Gasteiger partial charge < -0.3 is 14.4 Å². The molecule has 6 heteroatoms. The predicted molar refractivity (Wildman–Crippen MR) is 110 cm³/mol. The van der Waals surface area contributed by atoms with Gasteiger partial charge in [-0.2, -0.15) is 0 Å². The van der Waals surface area contributed by atoms with Crippen molar-refractivity contribution >= 4 is 22.7 Å². The summed E-state index contributed by atoms with van der Waals surface area (Å²) in [5.74, 6) is 0.270. The molecule has 1 unspecified atom stereocenters. The number of likely N-dealkylation sites (tertiary alicyclic amines) is 1. The van der Waals surface area contributed by atoms with Crippen molar-refractivity contribution in [3.63, 3.8) is 0 Å². The van der Waals surface area contributed by atoms with Gasteiger partial charge in [0.1, 0.15) is 6.54 Å². The van der Waals surface area contributed by atoms with E-state index in [2.05, 4.69) is 0 Å². The van der Waals surface area contributed by atoms with Gasteiger partial charge in [-0.25, -0.2) is 0 Å². The minimum absolute atomic E-state index is 0.0291. The molecule has 1 aromatic heterocycles. The molecule has 2 aromatic rings. The maximum Gasteiger partial charge on any atom is 0.242 e. The number of hydrogen-bond acceptors (Lipinski definition) is 3. The second-order valence-corrected chi connectivity index (χ2v) is 8.77. The number of hydrogen-bond donors (Lipinski definition) is 0. The summed E-state index contributed by atoms with van der Waals surface area (Å²) < 4.78 is 1.89. The van der Waals surface area contributed by atoms with Crippen LogP contribution in [-0.4, -0.2) is 51.9 Å². The Labute approximate surface area is 165 Å². The summed E-state index contributed by atoms with van der Waals surface area (Å²) in [5.41, 5.74) is 1.31. The molecule has 150 valence electrons. The number of nitrogens with zero attached hydrogens (tertiary/aromatic N) is 3. The average molecular weight is 383 g/mol. The summed E-state index contributed by atoms with van der Waals surface area (Å²) in [6.07, 6.45) is 0.481. The Hall–Kier alpha value is -2.63. The van der Waals surface area contributed by atoms with Crippen molar-refractivity contribution in [1.82, 2.24) is 14.4 Å². The van der Waals surface area contributed by atoms with Crippen LogP contribution in [0.25, 0.3) is 10.9 Å². The molecule has 6 nitrogen and oxygen atoms in total. The van der Waals surface area contributed by atoms with Crippen LogP contribution in [0.5, 0.6) is 0 Å². The fraction of sp³-hybridized carbons (Fsp3) is 0.500. The summed E-state index contributed by atoms with van der Waals surface area (Å²) in [5, 5.41) is 0.616. The second-order valence-electron chi connectivity index (χ2n) is 8.77. The first-order chi connectivity index (χ1) is 13.1. The number of pyridine rings is 1. The lowest BCUT2D eigenvalue weighted by Gasteiger charge is -2.32. The number of amides is 2. The quantitative estimate of drug-likeness (QED) is 0.815. The summed E-state index contributed by atoms with van der Waals surface area (Å²) >= 11 is 0. The van der Waals surface area contributed by atoms with Gasteiger partial charge in [-0.3, -0.25) is 14.4 Å². The maximum atomic E-state index is 12.9. The van der Waals surface area contributed by atoms with Crippen molar-refractivity contribution in [2.24, 2.45) is 5.92 Å². The Morgan fingerprint density at radius 3 is 2.54 bits per heavy atom. The third-order valence-electron chi connectivity index (χ3n) is 5.49. The van der Waals surface area contributed by atoms with E-state index in [0.29, 0.717) is 24.9 Å². The number of carbonyl (C=O) groups excluding carboxylic acids is 2. The molecule has 0 N–H and O–H groups in total. The molecular weight excluding hydrogens is 354 g/mol. The van der Waals surface area contributed by atoms with E-state index in [9.17, 15) is 14.4 Å². The number of benzene rings is 1. The molecule has 1 aromatic carbocycles. The normalized spacial score (nSPS) is 17.4. The SMILES string of the molecule is Cc1cc(=O)c2ccccc2n1CC(=O)N(C)CC1CC(=O)N(C(C)(C)C)C1. The predicted octanol–water partition coefficient (Wildman–Crippen LogP) is 2.42. The van der Waals surface area contributed by atoms with Gasteiger partial charge in [0.25, 0.3) is 0 Å². The Bertz CT molecular complexity index is 971. The minimum atomic E-state index is -0.194. The lowest BCUT2D eigenvalue weighted by molar-refractivity contribution is -0.132. The molecule has 1 aliphatic rings. The number of aromatic nitrogens is 1. The molecule has 3 rings (SSSR count). The smallest absolute Gasteiger partial charge is 0.242 e. The number of para-hydroxylation sites is 1. The fourth-order valence-electron chi connectivity index (χ4n) is 3.96. The summed E-state index contributed by atoms with van der Waals surface area (Å²) in [6.45, 7) is 9.35. The van der Waals surface area contributed by atoms with Crippen LogP contribution in [0.1, 0.15) is 32.9 Å². The first-order valence-electron chi connectivity index (χ1n) is 9.71. The summed E-state index contributed by atoms with van der Waals surface area (Å²) in [6, 6.07) is 8.93. The topological polar surface area (TPSA) is 62.6 Å². The van der Waals surface area contributed by atoms with Crippen LogP contribution in [0, 0.1) is 12.8 Å². The van der Waals surface area contributed by atoms with E-state index in [-0.39, 0.29) is 35.2 Å².